The van der Waals surface area contributed by atoms with E-state index in [1.807, 2.05) is 45.0 Å². The van der Waals surface area contributed by atoms with Crippen LogP contribution in [0.1, 0.15) is 37.5 Å². The van der Waals surface area contributed by atoms with E-state index in [-0.39, 0.29) is 23.2 Å². The molecule has 6 heteroatoms. The maximum absolute atomic E-state index is 12.3. The van der Waals surface area contributed by atoms with Gasteiger partial charge in [0.1, 0.15) is 11.7 Å². The normalized spacial score (nSPS) is 13.2. The Hall–Kier alpha value is -2.63. The summed E-state index contributed by atoms with van der Waals surface area (Å²) in [6.07, 6.45) is 1.13. The molecular formula is C16H18N4O2. The Labute approximate surface area is 128 Å². The van der Waals surface area contributed by atoms with Crippen molar-refractivity contribution in [2.24, 2.45) is 5.41 Å². The summed E-state index contributed by atoms with van der Waals surface area (Å²) in [5.41, 5.74) is 1.42. The van der Waals surface area contributed by atoms with Gasteiger partial charge in [-0.2, -0.15) is 0 Å². The number of nitrogens with one attached hydrogen (secondary N) is 1. The molecule has 3 aromatic rings. The quantitative estimate of drug-likeness (QED) is 0.806. The van der Waals surface area contributed by atoms with Crippen LogP contribution in [0.3, 0.4) is 0 Å². The standard InChI is InChI=1S/C16H18N4O2/c1-16(2,3)15(17-14(21)13-9-6-10-22-13)20-12-8-5-4-7-11(12)18-19-20/h4-10,15H,1-3H3,(H,17,21). The van der Waals surface area contributed by atoms with Crippen LogP contribution in [0, 0.1) is 5.41 Å². The molecule has 0 fully saturated rings. The molecule has 2 aromatic heterocycles. The van der Waals surface area contributed by atoms with Gasteiger partial charge in [-0.05, 0) is 24.3 Å². The Bertz CT molecular complexity index is 784. The lowest BCUT2D eigenvalue weighted by molar-refractivity contribution is 0.0815. The van der Waals surface area contributed by atoms with Crippen molar-refractivity contribution in [2.45, 2.75) is 26.9 Å². The van der Waals surface area contributed by atoms with Crippen LogP contribution >= 0.6 is 0 Å². The first-order valence-electron chi connectivity index (χ1n) is 7.11. The van der Waals surface area contributed by atoms with Gasteiger partial charge in [0, 0.05) is 5.41 Å². The summed E-state index contributed by atoms with van der Waals surface area (Å²) in [4.78, 5) is 12.3. The highest BCUT2D eigenvalue weighted by molar-refractivity contribution is 5.91. The van der Waals surface area contributed by atoms with Gasteiger partial charge in [0.05, 0.1) is 11.8 Å². The summed E-state index contributed by atoms with van der Waals surface area (Å²) in [5.74, 6) is 0.00294. The van der Waals surface area contributed by atoms with Gasteiger partial charge in [-0.3, -0.25) is 4.79 Å². The second-order valence-electron chi connectivity index (χ2n) is 6.24. The number of furan rings is 1. The zero-order valence-corrected chi connectivity index (χ0v) is 12.8. The number of fused-ring (bicyclic) bond motifs is 1. The summed E-state index contributed by atoms with van der Waals surface area (Å²) in [5, 5.41) is 11.4. The number of carbonyl (C=O) groups is 1. The first kappa shape index (κ1) is 14.3. The van der Waals surface area contributed by atoms with Crippen molar-refractivity contribution >= 4 is 16.9 Å². The zero-order valence-electron chi connectivity index (χ0n) is 12.8. The maximum atomic E-state index is 12.3. The SMILES string of the molecule is CC(C)(C)C(NC(=O)c1ccco1)n1nnc2ccccc21. The van der Waals surface area contributed by atoms with E-state index in [9.17, 15) is 4.79 Å². The van der Waals surface area contributed by atoms with Gasteiger partial charge < -0.3 is 9.73 Å². The van der Waals surface area contributed by atoms with Crippen LogP contribution in [-0.4, -0.2) is 20.9 Å². The summed E-state index contributed by atoms with van der Waals surface area (Å²) >= 11 is 0. The van der Waals surface area contributed by atoms with Crippen molar-refractivity contribution in [1.82, 2.24) is 20.3 Å². The third-order valence-corrected chi connectivity index (χ3v) is 3.46. The van der Waals surface area contributed by atoms with Gasteiger partial charge in [0.2, 0.25) is 0 Å². The molecule has 1 amide bonds. The molecule has 1 aromatic carbocycles. The molecule has 114 valence electrons. The van der Waals surface area contributed by atoms with Crippen LogP contribution < -0.4 is 5.32 Å². The van der Waals surface area contributed by atoms with E-state index in [1.165, 1.54) is 6.26 Å². The fraction of sp³-hybridized carbons (Fsp3) is 0.312. The number of benzene rings is 1. The molecule has 0 saturated carbocycles. The van der Waals surface area contributed by atoms with Crippen LogP contribution in [-0.2, 0) is 0 Å². The molecular weight excluding hydrogens is 280 g/mol. The van der Waals surface area contributed by atoms with E-state index in [2.05, 4.69) is 15.6 Å². The number of rotatable bonds is 3. The van der Waals surface area contributed by atoms with Gasteiger partial charge in [0.25, 0.3) is 5.91 Å². The number of amides is 1. The number of nitrogens with zero attached hydrogens (tertiary/aromatic N) is 3. The van der Waals surface area contributed by atoms with E-state index >= 15 is 0 Å². The summed E-state index contributed by atoms with van der Waals surface area (Å²) in [7, 11) is 0. The molecule has 1 unspecified atom stereocenters. The smallest absolute Gasteiger partial charge is 0.288 e. The van der Waals surface area contributed by atoms with Crippen LogP contribution in [0.15, 0.2) is 47.1 Å². The lowest BCUT2D eigenvalue weighted by Gasteiger charge is -2.31. The number of aromatic nitrogens is 3. The van der Waals surface area contributed by atoms with E-state index in [4.69, 9.17) is 4.42 Å². The fourth-order valence-corrected chi connectivity index (χ4v) is 2.33. The molecule has 0 aliphatic carbocycles. The third kappa shape index (κ3) is 2.59. The van der Waals surface area contributed by atoms with Crippen molar-refractivity contribution in [2.75, 3.05) is 0 Å². The van der Waals surface area contributed by atoms with Gasteiger partial charge >= 0.3 is 0 Å². The van der Waals surface area contributed by atoms with E-state index < -0.39 is 0 Å². The molecule has 0 saturated heterocycles. The van der Waals surface area contributed by atoms with Crippen molar-refractivity contribution in [3.63, 3.8) is 0 Å². The lowest BCUT2D eigenvalue weighted by atomic mass is 9.92. The molecule has 0 spiro atoms. The number of hydrogen-bond donors (Lipinski definition) is 1. The lowest BCUT2D eigenvalue weighted by Crippen LogP contribution is -2.40. The van der Waals surface area contributed by atoms with Crippen LogP contribution in [0.25, 0.3) is 11.0 Å². The monoisotopic (exact) mass is 298 g/mol. The van der Waals surface area contributed by atoms with Crippen molar-refractivity contribution in [1.29, 1.82) is 0 Å². The Morgan fingerprint density at radius 3 is 2.68 bits per heavy atom. The zero-order chi connectivity index (χ0) is 15.7. The molecule has 0 aliphatic heterocycles. The average molecular weight is 298 g/mol. The van der Waals surface area contributed by atoms with Gasteiger partial charge in [0.15, 0.2) is 5.76 Å². The molecule has 22 heavy (non-hydrogen) atoms. The molecule has 0 radical (unpaired) electrons. The summed E-state index contributed by atoms with van der Waals surface area (Å²) in [6, 6.07) is 11.0. The third-order valence-electron chi connectivity index (χ3n) is 3.46. The second-order valence-corrected chi connectivity index (χ2v) is 6.24. The number of para-hydroxylation sites is 1. The Morgan fingerprint density at radius 1 is 1.23 bits per heavy atom. The Morgan fingerprint density at radius 2 is 2.00 bits per heavy atom. The highest BCUT2D eigenvalue weighted by Gasteiger charge is 2.31. The van der Waals surface area contributed by atoms with Crippen molar-refractivity contribution in [3.05, 3.63) is 48.4 Å². The van der Waals surface area contributed by atoms with E-state index in [1.54, 1.807) is 16.8 Å². The van der Waals surface area contributed by atoms with Crippen LogP contribution in [0.5, 0.6) is 0 Å². The topological polar surface area (TPSA) is 73.0 Å². The summed E-state index contributed by atoms with van der Waals surface area (Å²) < 4.78 is 6.90. The van der Waals surface area contributed by atoms with Crippen molar-refractivity contribution in [3.8, 4) is 0 Å². The average Bonchev–Trinajstić information content (AvgIpc) is 3.13. The van der Waals surface area contributed by atoms with Gasteiger partial charge in [-0.15, -0.1) is 5.10 Å². The van der Waals surface area contributed by atoms with Gasteiger partial charge in [-0.1, -0.05) is 38.1 Å². The van der Waals surface area contributed by atoms with E-state index in [0.29, 0.717) is 0 Å². The minimum Gasteiger partial charge on any atom is -0.459 e. The fourth-order valence-electron chi connectivity index (χ4n) is 2.33. The molecule has 2 heterocycles. The first-order chi connectivity index (χ1) is 10.5. The Balaban J connectivity index is 1.99. The van der Waals surface area contributed by atoms with E-state index in [0.717, 1.165) is 11.0 Å². The summed E-state index contributed by atoms with van der Waals surface area (Å²) in [6.45, 7) is 6.11. The number of carbonyl (C=O) groups excluding carboxylic acids is 1. The van der Waals surface area contributed by atoms with Crippen LogP contribution in [0.4, 0.5) is 0 Å². The number of hydrogen-bond acceptors (Lipinski definition) is 4. The molecule has 1 atom stereocenters. The largest absolute Gasteiger partial charge is 0.459 e. The first-order valence-corrected chi connectivity index (χ1v) is 7.11. The second kappa shape index (κ2) is 5.29. The minimum absolute atomic E-state index is 0.251. The molecule has 1 N–H and O–H groups in total. The highest BCUT2D eigenvalue weighted by Crippen LogP contribution is 2.30. The predicted molar refractivity (Wildman–Crippen MR) is 82.2 cm³/mol. The molecule has 3 rings (SSSR count). The highest BCUT2D eigenvalue weighted by atomic mass is 16.3. The molecule has 6 nitrogen and oxygen atoms in total. The van der Waals surface area contributed by atoms with Crippen LogP contribution in [0.2, 0.25) is 0 Å². The van der Waals surface area contributed by atoms with Gasteiger partial charge in [-0.25, -0.2) is 4.68 Å². The molecule has 0 bridgehead atoms. The Kier molecular flexibility index (Phi) is 3.44. The maximum Gasteiger partial charge on any atom is 0.288 e. The minimum atomic E-state index is -0.350. The molecule has 0 aliphatic rings. The van der Waals surface area contributed by atoms with Crippen molar-refractivity contribution < 1.29 is 9.21 Å². The predicted octanol–water partition coefficient (Wildman–Crippen LogP) is 3.00.